The Morgan fingerprint density at radius 1 is 1.38 bits per heavy atom. The molecule has 1 aromatic carbocycles. The molecule has 0 spiro atoms. The van der Waals surface area contributed by atoms with Crippen LogP contribution in [0.15, 0.2) is 29.4 Å². The van der Waals surface area contributed by atoms with Gasteiger partial charge in [-0.25, -0.2) is 0 Å². The predicted molar refractivity (Wildman–Crippen MR) is 53.5 cm³/mol. The van der Waals surface area contributed by atoms with Gasteiger partial charge >= 0.3 is 0 Å². The maximum Gasteiger partial charge on any atom is 0.237 e. The van der Waals surface area contributed by atoms with Crippen molar-refractivity contribution in [2.24, 2.45) is 10.9 Å². The minimum atomic E-state index is 0.488. The van der Waals surface area contributed by atoms with Crippen molar-refractivity contribution in [3.63, 3.8) is 0 Å². The Kier molecular flexibility index (Phi) is 3.31. The summed E-state index contributed by atoms with van der Waals surface area (Å²) in [6.07, 6.45) is 0. The van der Waals surface area contributed by atoms with Crippen LogP contribution in [0.5, 0.6) is 0 Å². The van der Waals surface area contributed by atoms with Gasteiger partial charge in [0.25, 0.3) is 0 Å². The number of ether oxygens (including phenoxy) is 1. The zero-order valence-corrected chi connectivity index (χ0v) is 7.95. The molecule has 0 saturated carbocycles. The summed E-state index contributed by atoms with van der Waals surface area (Å²) in [5, 5.41) is 3.57. The van der Waals surface area contributed by atoms with Crippen LogP contribution >= 0.6 is 0 Å². The first-order chi connectivity index (χ1) is 6.27. The van der Waals surface area contributed by atoms with Gasteiger partial charge in [0.05, 0.1) is 6.61 Å². The molecule has 3 nitrogen and oxygen atoms in total. The largest absolute Gasteiger partial charge is 0.477 e. The van der Waals surface area contributed by atoms with Crippen molar-refractivity contribution >= 4 is 5.90 Å². The molecule has 0 aromatic heterocycles. The summed E-state index contributed by atoms with van der Waals surface area (Å²) in [5.41, 5.74) is 2.12. The summed E-state index contributed by atoms with van der Waals surface area (Å²) in [4.78, 5) is 0. The summed E-state index contributed by atoms with van der Waals surface area (Å²) < 4.78 is 5.24. The lowest BCUT2D eigenvalue weighted by atomic mass is 10.1. The van der Waals surface area contributed by atoms with E-state index >= 15 is 0 Å². The van der Waals surface area contributed by atoms with E-state index in [0.29, 0.717) is 12.5 Å². The Morgan fingerprint density at radius 2 is 2.00 bits per heavy atom. The molecule has 0 heterocycles. The topological polar surface area (TPSA) is 47.6 Å². The summed E-state index contributed by atoms with van der Waals surface area (Å²) in [7, 11) is 0. The number of nitrogens with zero attached hydrogens (tertiary/aromatic N) is 1. The zero-order chi connectivity index (χ0) is 9.68. The van der Waals surface area contributed by atoms with Crippen LogP contribution in [-0.4, -0.2) is 12.5 Å². The van der Waals surface area contributed by atoms with Gasteiger partial charge in [0.1, 0.15) is 0 Å². The average molecular weight is 178 g/mol. The molecule has 0 saturated heterocycles. The van der Waals surface area contributed by atoms with Crippen molar-refractivity contribution in [1.29, 1.82) is 0 Å². The Hall–Kier alpha value is -1.51. The van der Waals surface area contributed by atoms with Gasteiger partial charge in [-0.3, -0.25) is 0 Å². The molecule has 0 bridgehead atoms. The van der Waals surface area contributed by atoms with E-state index in [2.05, 4.69) is 5.10 Å². The van der Waals surface area contributed by atoms with Gasteiger partial charge in [0, 0.05) is 5.56 Å². The van der Waals surface area contributed by atoms with Crippen molar-refractivity contribution in [1.82, 2.24) is 0 Å². The van der Waals surface area contributed by atoms with Gasteiger partial charge in [0.15, 0.2) is 0 Å². The molecule has 70 valence electrons. The molecule has 1 rings (SSSR count). The molecule has 0 atom stereocenters. The Bertz CT molecular complexity index is 290. The molecule has 0 amide bonds. The smallest absolute Gasteiger partial charge is 0.237 e. The van der Waals surface area contributed by atoms with Crippen LogP contribution in [0.4, 0.5) is 0 Å². The average Bonchev–Trinajstić information content (AvgIpc) is 2.16. The normalized spacial score (nSPS) is 11.4. The Balaban J connectivity index is 2.87. The van der Waals surface area contributed by atoms with Crippen molar-refractivity contribution in [2.45, 2.75) is 13.8 Å². The highest BCUT2D eigenvalue weighted by molar-refractivity contribution is 5.93. The van der Waals surface area contributed by atoms with Gasteiger partial charge in [0.2, 0.25) is 5.90 Å². The SMILES string of the molecule is CCOC(=NN)c1ccc(C)cc1. The van der Waals surface area contributed by atoms with Crippen LogP contribution in [0.2, 0.25) is 0 Å². The van der Waals surface area contributed by atoms with Crippen LogP contribution in [0.1, 0.15) is 18.1 Å². The lowest BCUT2D eigenvalue weighted by Gasteiger charge is -2.05. The number of benzene rings is 1. The summed E-state index contributed by atoms with van der Waals surface area (Å²) in [6.45, 7) is 4.51. The molecular weight excluding hydrogens is 164 g/mol. The summed E-state index contributed by atoms with van der Waals surface area (Å²) in [5.74, 6) is 5.68. The van der Waals surface area contributed by atoms with Gasteiger partial charge < -0.3 is 10.6 Å². The second-order valence-electron chi connectivity index (χ2n) is 2.73. The fraction of sp³-hybridized carbons (Fsp3) is 0.300. The maximum atomic E-state index is 5.24. The van der Waals surface area contributed by atoms with Crippen molar-refractivity contribution in [3.8, 4) is 0 Å². The van der Waals surface area contributed by atoms with Crippen molar-refractivity contribution in [2.75, 3.05) is 6.61 Å². The Labute approximate surface area is 78.2 Å². The summed E-state index contributed by atoms with van der Waals surface area (Å²) in [6, 6.07) is 7.88. The number of rotatable bonds is 2. The Morgan fingerprint density at radius 3 is 2.46 bits per heavy atom. The second kappa shape index (κ2) is 4.50. The summed E-state index contributed by atoms with van der Waals surface area (Å²) >= 11 is 0. The van der Waals surface area contributed by atoms with Gasteiger partial charge in [-0.2, -0.15) is 0 Å². The maximum absolute atomic E-state index is 5.24. The van der Waals surface area contributed by atoms with Gasteiger partial charge in [-0.15, -0.1) is 5.10 Å². The third-order valence-corrected chi connectivity index (χ3v) is 1.70. The molecule has 3 heteroatoms. The highest BCUT2D eigenvalue weighted by Crippen LogP contribution is 2.05. The lowest BCUT2D eigenvalue weighted by molar-refractivity contribution is 0.327. The number of aryl methyl sites for hydroxylation is 1. The minimum absolute atomic E-state index is 0.488. The molecule has 0 radical (unpaired) electrons. The molecule has 0 fully saturated rings. The molecule has 2 N–H and O–H groups in total. The first-order valence-corrected chi connectivity index (χ1v) is 4.25. The van der Waals surface area contributed by atoms with Crippen LogP contribution in [0.3, 0.4) is 0 Å². The molecule has 1 aromatic rings. The fourth-order valence-corrected chi connectivity index (χ4v) is 1.03. The quantitative estimate of drug-likeness (QED) is 0.324. The van der Waals surface area contributed by atoms with E-state index in [4.69, 9.17) is 10.6 Å². The second-order valence-corrected chi connectivity index (χ2v) is 2.73. The molecule has 0 aliphatic heterocycles. The van der Waals surface area contributed by atoms with Crippen LogP contribution in [-0.2, 0) is 4.74 Å². The molecular formula is C10H14N2O. The third-order valence-electron chi connectivity index (χ3n) is 1.70. The number of nitrogens with two attached hydrogens (primary N) is 1. The third kappa shape index (κ3) is 2.47. The van der Waals surface area contributed by atoms with E-state index in [0.717, 1.165) is 5.56 Å². The van der Waals surface area contributed by atoms with E-state index < -0.39 is 0 Å². The molecule has 0 unspecified atom stereocenters. The van der Waals surface area contributed by atoms with E-state index in [1.165, 1.54) is 5.56 Å². The first-order valence-electron chi connectivity index (χ1n) is 4.25. The van der Waals surface area contributed by atoms with E-state index in [9.17, 15) is 0 Å². The highest BCUT2D eigenvalue weighted by atomic mass is 16.5. The van der Waals surface area contributed by atoms with E-state index in [1.807, 2.05) is 38.1 Å². The number of hydrazone groups is 1. The van der Waals surface area contributed by atoms with Crippen LogP contribution in [0.25, 0.3) is 0 Å². The fourth-order valence-electron chi connectivity index (χ4n) is 1.03. The molecule has 13 heavy (non-hydrogen) atoms. The lowest BCUT2D eigenvalue weighted by Crippen LogP contribution is -2.09. The number of hydrogen-bond donors (Lipinski definition) is 1. The van der Waals surface area contributed by atoms with Gasteiger partial charge in [-0.1, -0.05) is 17.7 Å². The first kappa shape index (κ1) is 9.58. The molecule has 0 aliphatic rings. The zero-order valence-electron chi connectivity index (χ0n) is 7.95. The van der Waals surface area contributed by atoms with Crippen LogP contribution < -0.4 is 5.84 Å². The predicted octanol–water partition coefficient (Wildman–Crippen LogP) is 1.65. The minimum Gasteiger partial charge on any atom is -0.477 e. The van der Waals surface area contributed by atoms with Crippen molar-refractivity contribution in [3.05, 3.63) is 35.4 Å². The van der Waals surface area contributed by atoms with Crippen molar-refractivity contribution < 1.29 is 4.74 Å². The van der Waals surface area contributed by atoms with E-state index in [1.54, 1.807) is 0 Å². The number of hydrogen-bond acceptors (Lipinski definition) is 3. The monoisotopic (exact) mass is 178 g/mol. The standard InChI is InChI=1S/C10H14N2O/c1-3-13-10(12-11)9-6-4-8(2)5-7-9/h4-7H,3,11H2,1-2H3. The van der Waals surface area contributed by atoms with Gasteiger partial charge in [-0.05, 0) is 26.0 Å². The highest BCUT2D eigenvalue weighted by Gasteiger charge is 2.01. The molecule has 0 aliphatic carbocycles. The van der Waals surface area contributed by atoms with Crippen LogP contribution in [0, 0.1) is 6.92 Å². The van der Waals surface area contributed by atoms with E-state index in [-0.39, 0.29) is 0 Å².